The summed E-state index contributed by atoms with van der Waals surface area (Å²) in [5.41, 5.74) is 5.75. The Balaban J connectivity index is 2.26. The van der Waals surface area contributed by atoms with Crippen LogP contribution in [-0.4, -0.2) is 17.6 Å². The van der Waals surface area contributed by atoms with Crippen LogP contribution >= 0.6 is 0 Å². The Bertz CT molecular complexity index is 261. The van der Waals surface area contributed by atoms with E-state index in [0.29, 0.717) is 18.4 Å². The largest absolute Gasteiger partial charge is 0.481 e. The molecular weight excluding hydrogens is 190 g/mol. The van der Waals surface area contributed by atoms with Crippen molar-refractivity contribution in [2.24, 2.45) is 34.8 Å². The Morgan fingerprint density at radius 3 is 2.07 bits per heavy atom. The molecule has 0 amide bonds. The first kappa shape index (κ1) is 10.9. The minimum Gasteiger partial charge on any atom is -0.481 e. The van der Waals surface area contributed by atoms with Gasteiger partial charge in [-0.25, -0.2) is 0 Å². The van der Waals surface area contributed by atoms with Gasteiger partial charge in [0.2, 0.25) is 0 Å². The maximum absolute atomic E-state index is 11.0. The molecular formula is C12H21NO2. The zero-order valence-electron chi connectivity index (χ0n) is 9.57. The minimum atomic E-state index is -0.694. The number of carbonyl (C=O) groups is 1. The van der Waals surface area contributed by atoms with Gasteiger partial charge in [0.1, 0.15) is 0 Å². The third-order valence-corrected chi connectivity index (χ3v) is 5.34. The number of carboxylic acids is 1. The van der Waals surface area contributed by atoms with Gasteiger partial charge in [0.25, 0.3) is 0 Å². The zero-order chi connectivity index (χ0) is 11.2. The van der Waals surface area contributed by atoms with Crippen LogP contribution in [0.2, 0.25) is 0 Å². The third kappa shape index (κ3) is 1.32. The first-order chi connectivity index (χ1) is 7.03. The highest BCUT2D eigenvalue weighted by Gasteiger charge is 2.59. The number of fused-ring (bicyclic) bond motifs is 1. The van der Waals surface area contributed by atoms with Crippen LogP contribution in [0.4, 0.5) is 0 Å². The summed E-state index contributed by atoms with van der Waals surface area (Å²) in [6.07, 6.45) is 2.80. The summed E-state index contributed by atoms with van der Waals surface area (Å²) < 4.78 is 0. The molecule has 0 radical (unpaired) electrons. The van der Waals surface area contributed by atoms with E-state index in [1.807, 2.05) is 0 Å². The lowest BCUT2D eigenvalue weighted by Crippen LogP contribution is -2.40. The standard InChI is InChI=1S/C12H21NO2/c1-7-9-3-4-10(9)8(2)12(7,6-13)5-11(14)15/h7-10H,3-6,13H2,1-2H3,(H,14,15)/t7-,8+,9-,10-,12?/m1/s1. The van der Waals surface area contributed by atoms with Crippen molar-refractivity contribution in [3.05, 3.63) is 0 Å². The van der Waals surface area contributed by atoms with E-state index in [1.165, 1.54) is 12.8 Å². The Kier molecular flexibility index (Phi) is 2.53. The van der Waals surface area contributed by atoms with Crippen molar-refractivity contribution in [1.82, 2.24) is 0 Å². The average molecular weight is 211 g/mol. The predicted octanol–water partition coefficient (Wildman–Crippen LogP) is 1.72. The van der Waals surface area contributed by atoms with Gasteiger partial charge in [-0.3, -0.25) is 4.79 Å². The van der Waals surface area contributed by atoms with Crippen molar-refractivity contribution < 1.29 is 9.90 Å². The molecule has 1 unspecified atom stereocenters. The summed E-state index contributed by atoms with van der Waals surface area (Å²) in [4.78, 5) is 11.0. The lowest BCUT2D eigenvalue weighted by atomic mass is 9.70. The van der Waals surface area contributed by atoms with Gasteiger partial charge in [0.05, 0.1) is 6.42 Å². The molecule has 2 rings (SSSR count). The van der Waals surface area contributed by atoms with Crippen LogP contribution < -0.4 is 5.73 Å². The molecule has 0 heterocycles. The molecule has 0 saturated heterocycles. The molecule has 0 aromatic carbocycles. The van der Waals surface area contributed by atoms with Crippen LogP contribution in [0.15, 0.2) is 0 Å². The van der Waals surface area contributed by atoms with E-state index < -0.39 is 5.97 Å². The van der Waals surface area contributed by atoms with Gasteiger partial charge in [-0.1, -0.05) is 13.8 Å². The summed E-state index contributed by atoms with van der Waals surface area (Å²) >= 11 is 0. The second-order valence-corrected chi connectivity index (χ2v) is 5.49. The molecule has 86 valence electrons. The van der Waals surface area contributed by atoms with Gasteiger partial charge in [0, 0.05) is 0 Å². The fourth-order valence-electron chi connectivity index (χ4n) is 4.11. The van der Waals surface area contributed by atoms with E-state index >= 15 is 0 Å². The fourth-order valence-corrected chi connectivity index (χ4v) is 4.11. The highest BCUT2D eigenvalue weighted by Crippen LogP contribution is 2.63. The highest BCUT2D eigenvalue weighted by atomic mass is 16.4. The van der Waals surface area contributed by atoms with Crippen LogP contribution in [0.5, 0.6) is 0 Å². The van der Waals surface area contributed by atoms with E-state index in [1.54, 1.807) is 0 Å². The molecule has 2 aliphatic carbocycles. The number of hydrogen-bond acceptors (Lipinski definition) is 2. The molecule has 3 heteroatoms. The van der Waals surface area contributed by atoms with Crippen LogP contribution in [0.1, 0.15) is 33.1 Å². The maximum atomic E-state index is 11.0. The summed E-state index contributed by atoms with van der Waals surface area (Å²) in [5.74, 6) is 1.74. The summed E-state index contributed by atoms with van der Waals surface area (Å²) in [7, 11) is 0. The minimum absolute atomic E-state index is 0.141. The molecule has 15 heavy (non-hydrogen) atoms. The SMILES string of the molecule is C[C@@H]1[C@H]2CC[C@@H]2[C@H](C)C1(CN)CC(=O)O. The molecule has 0 bridgehead atoms. The van der Waals surface area contributed by atoms with Gasteiger partial charge in [-0.15, -0.1) is 0 Å². The number of hydrogen-bond donors (Lipinski definition) is 2. The van der Waals surface area contributed by atoms with Gasteiger partial charge >= 0.3 is 5.97 Å². The van der Waals surface area contributed by atoms with Gasteiger partial charge < -0.3 is 10.8 Å². The monoisotopic (exact) mass is 211 g/mol. The summed E-state index contributed by atoms with van der Waals surface area (Å²) in [6, 6.07) is 0. The lowest BCUT2D eigenvalue weighted by Gasteiger charge is -2.35. The molecule has 3 nitrogen and oxygen atoms in total. The van der Waals surface area contributed by atoms with Crippen LogP contribution in [0.3, 0.4) is 0 Å². The van der Waals surface area contributed by atoms with Gasteiger partial charge in [-0.05, 0) is 48.5 Å². The van der Waals surface area contributed by atoms with E-state index in [4.69, 9.17) is 10.8 Å². The van der Waals surface area contributed by atoms with Gasteiger partial charge in [0.15, 0.2) is 0 Å². The highest BCUT2D eigenvalue weighted by molar-refractivity contribution is 5.68. The van der Waals surface area contributed by atoms with Crippen molar-refractivity contribution >= 4 is 5.97 Å². The molecule has 0 spiro atoms. The number of nitrogens with two attached hydrogens (primary N) is 1. The van der Waals surface area contributed by atoms with Crippen LogP contribution in [0, 0.1) is 29.1 Å². The first-order valence-electron chi connectivity index (χ1n) is 5.95. The Labute approximate surface area is 91.0 Å². The molecule has 0 aromatic rings. The van der Waals surface area contributed by atoms with Crippen molar-refractivity contribution in [1.29, 1.82) is 0 Å². The topological polar surface area (TPSA) is 63.3 Å². The smallest absolute Gasteiger partial charge is 0.303 e. The second-order valence-electron chi connectivity index (χ2n) is 5.49. The molecule has 0 aromatic heterocycles. The van der Waals surface area contributed by atoms with E-state index in [-0.39, 0.29) is 11.8 Å². The molecule has 2 saturated carbocycles. The Morgan fingerprint density at radius 2 is 1.80 bits per heavy atom. The zero-order valence-corrected chi connectivity index (χ0v) is 9.57. The fraction of sp³-hybridized carbons (Fsp3) is 0.917. The number of rotatable bonds is 3. The number of carboxylic acid groups (broad SMARTS) is 1. The quantitative estimate of drug-likeness (QED) is 0.747. The molecule has 3 N–H and O–H groups in total. The van der Waals surface area contributed by atoms with Crippen molar-refractivity contribution in [2.45, 2.75) is 33.1 Å². The van der Waals surface area contributed by atoms with Crippen LogP contribution in [0.25, 0.3) is 0 Å². The Hall–Kier alpha value is -0.570. The van der Waals surface area contributed by atoms with Crippen molar-refractivity contribution in [2.75, 3.05) is 6.54 Å². The first-order valence-corrected chi connectivity index (χ1v) is 5.95. The van der Waals surface area contributed by atoms with Crippen molar-refractivity contribution in [3.8, 4) is 0 Å². The van der Waals surface area contributed by atoms with Crippen LogP contribution in [-0.2, 0) is 4.79 Å². The predicted molar refractivity (Wildman–Crippen MR) is 58.3 cm³/mol. The average Bonchev–Trinajstić information content (AvgIpc) is 2.22. The van der Waals surface area contributed by atoms with E-state index in [9.17, 15) is 4.79 Å². The molecule has 0 aliphatic heterocycles. The van der Waals surface area contributed by atoms with Gasteiger partial charge in [-0.2, -0.15) is 0 Å². The normalized spacial score (nSPS) is 48.5. The lowest BCUT2D eigenvalue weighted by molar-refractivity contribution is -0.141. The number of aliphatic carboxylic acids is 1. The second kappa shape index (κ2) is 3.48. The molecule has 2 aliphatic rings. The summed E-state index contributed by atoms with van der Waals surface area (Å²) in [5, 5.41) is 9.04. The third-order valence-electron chi connectivity index (χ3n) is 5.34. The molecule has 2 fully saturated rings. The summed E-state index contributed by atoms with van der Waals surface area (Å²) in [6.45, 7) is 4.93. The van der Waals surface area contributed by atoms with E-state index in [0.717, 1.165) is 11.8 Å². The molecule has 5 atom stereocenters. The maximum Gasteiger partial charge on any atom is 0.303 e. The van der Waals surface area contributed by atoms with Crippen molar-refractivity contribution in [3.63, 3.8) is 0 Å². The Morgan fingerprint density at radius 1 is 1.33 bits per heavy atom. The van der Waals surface area contributed by atoms with E-state index in [2.05, 4.69) is 13.8 Å².